The van der Waals surface area contributed by atoms with Crippen LogP contribution in [-0.2, 0) is 6.18 Å². The van der Waals surface area contributed by atoms with Crippen molar-refractivity contribution in [3.63, 3.8) is 0 Å². The van der Waals surface area contributed by atoms with E-state index in [0.717, 1.165) is 31.5 Å². The van der Waals surface area contributed by atoms with E-state index in [1.54, 1.807) is 18.2 Å². The van der Waals surface area contributed by atoms with Gasteiger partial charge in [0.2, 0.25) is 11.9 Å². The molecule has 3 heterocycles. The summed E-state index contributed by atoms with van der Waals surface area (Å²) in [4.78, 5) is 20.5. The van der Waals surface area contributed by atoms with Crippen molar-refractivity contribution in [2.24, 2.45) is 0 Å². The normalized spacial score (nSPS) is 14.3. The van der Waals surface area contributed by atoms with Crippen molar-refractivity contribution >= 4 is 29.2 Å². The van der Waals surface area contributed by atoms with Crippen LogP contribution in [0.2, 0.25) is 5.15 Å². The third-order valence-electron chi connectivity index (χ3n) is 4.32. The topological polar surface area (TPSA) is 88.5 Å². The Balaban J connectivity index is 1.68. The van der Waals surface area contributed by atoms with Crippen LogP contribution in [0.25, 0.3) is 11.5 Å². The lowest BCUT2D eigenvalue weighted by Gasteiger charge is -2.26. The van der Waals surface area contributed by atoms with Crippen LogP contribution in [0.15, 0.2) is 36.5 Å². The van der Waals surface area contributed by atoms with Gasteiger partial charge in [-0.05, 0) is 43.5 Å². The van der Waals surface area contributed by atoms with E-state index < -0.39 is 11.9 Å². The standard InChI is InChI=1S/C18H15ClF3N7/c19-14-6-2-5-12(26-14)15-27-16(24-10-3-1-4-10)29-17(28-15)25-11-7-8-23-13(9-11)18(20,21)22/h2,5-10H,1,3-4H2,(H2,23,24,25,27,28,29). The number of aromatic nitrogens is 5. The van der Waals surface area contributed by atoms with Gasteiger partial charge in [-0.15, -0.1) is 0 Å². The van der Waals surface area contributed by atoms with Crippen LogP contribution in [0.1, 0.15) is 25.0 Å². The third kappa shape index (κ3) is 4.70. The molecule has 4 rings (SSSR count). The van der Waals surface area contributed by atoms with Gasteiger partial charge in [-0.1, -0.05) is 17.7 Å². The van der Waals surface area contributed by atoms with Crippen molar-refractivity contribution in [1.29, 1.82) is 0 Å². The number of alkyl halides is 3. The molecule has 3 aromatic rings. The van der Waals surface area contributed by atoms with Crippen LogP contribution in [-0.4, -0.2) is 31.0 Å². The summed E-state index contributed by atoms with van der Waals surface area (Å²) in [6.07, 6.45) is -0.367. The minimum Gasteiger partial charge on any atom is -0.351 e. The van der Waals surface area contributed by atoms with E-state index in [0.29, 0.717) is 11.6 Å². The maximum atomic E-state index is 12.9. The summed E-state index contributed by atoms with van der Waals surface area (Å²) < 4.78 is 38.8. The fourth-order valence-electron chi connectivity index (χ4n) is 2.67. The van der Waals surface area contributed by atoms with E-state index in [-0.39, 0.29) is 28.7 Å². The Morgan fingerprint density at radius 1 is 1.00 bits per heavy atom. The van der Waals surface area contributed by atoms with E-state index >= 15 is 0 Å². The second-order valence-corrected chi connectivity index (χ2v) is 6.86. The highest BCUT2D eigenvalue weighted by molar-refractivity contribution is 6.29. The van der Waals surface area contributed by atoms with Gasteiger partial charge in [0, 0.05) is 17.9 Å². The molecule has 1 fully saturated rings. The third-order valence-corrected chi connectivity index (χ3v) is 4.54. The zero-order chi connectivity index (χ0) is 20.4. The molecule has 1 aliphatic carbocycles. The number of hydrogen-bond acceptors (Lipinski definition) is 7. The molecule has 150 valence electrons. The van der Waals surface area contributed by atoms with Crippen LogP contribution < -0.4 is 10.6 Å². The Morgan fingerprint density at radius 2 is 1.79 bits per heavy atom. The van der Waals surface area contributed by atoms with Crippen molar-refractivity contribution in [3.8, 4) is 11.5 Å². The van der Waals surface area contributed by atoms with Crippen LogP contribution in [0.3, 0.4) is 0 Å². The molecule has 0 amide bonds. The van der Waals surface area contributed by atoms with Gasteiger partial charge in [0.25, 0.3) is 0 Å². The molecule has 1 saturated carbocycles. The lowest BCUT2D eigenvalue weighted by Crippen LogP contribution is -2.28. The molecule has 29 heavy (non-hydrogen) atoms. The molecule has 0 aliphatic heterocycles. The van der Waals surface area contributed by atoms with Crippen molar-refractivity contribution in [2.45, 2.75) is 31.5 Å². The summed E-state index contributed by atoms with van der Waals surface area (Å²) in [5.74, 6) is 0.643. The molecule has 0 aromatic carbocycles. The zero-order valence-corrected chi connectivity index (χ0v) is 15.7. The predicted octanol–water partition coefficient (Wildman–Crippen LogP) is 4.71. The van der Waals surface area contributed by atoms with Gasteiger partial charge in [-0.3, -0.25) is 4.98 Å². The van der Waals surface area contributed by atoms with Crippen LogP contribution in [0, 0.1) is 0 Å². The maximum absolute atomic E-state index is 12.9. The number of rotatable bonds is 5. The summed E-state index contributed by atoms with van der Waals surface area (Å²) in [7, 11) is 0. The highest BCUT2D eigenvalue weighted by Gasteiger charge is 2.32. The monoisotopic (exact) mass is 421 g/mol. The van der Waals surface area contributed by atoms with Crippen LogP contribution in [0.4, 0.5) is 30.8 Å². The van der Waals surface area contributed by atoms with Gasteiger partial charge in [-0.25, -0.2) is 4.98 Å². The molecule has 2 N–H and O–H groups in total. The minimum atomic E-state index is -4.55. The first-order valence-corrected chi connectivity index (χ1v) is 9.20. The van der Waals surface area contributed by atoms with Gasteiger partial charge in [0.05, 0.1) is 0 Å². The van der Waals surface area contributed by atoms with E-state index in [1.165, 1.54) is 6.07 Å². The zero-order valence-electron chi connectivity index (χ0n) is 14.9. The van der Waals surface area contributed by atoms with Gasteiger partial charge >= 0.3 is 6.18 Å². The predicted molar refractivity (Wildman–Crippen MR) is 102 cm³/mol. The van der Waals surface area contributed by atoms with Crippen LogP contribution in [0.5, 0.6) is 0 Å². The molecule has 0 spiro atoms. The summed E-state index contributed by atoms with van der Waals surface area (Å²) >= 11 is 5.95. The molecule has 0 saturated heterocycles. The Kier molecular flexibility index (Phi) is 5.18. The summed E-state index contributed by atoms with van der Waals surface area (Å²) in [6.45, 7) is 0. The second kappa shape index (κ2) is 7.78. The molecule has 0 atom stereocenters. The van der Waals surface area contributed by atoms with E-state index in [1.807, 2.05) is 0 Å². The first-order chi connectivity index (χ1) is 13.9. The molecular formula is C18H15ClF3N7. The van der Waals surface area contributed by atoms with E-state index in [4.69, 9.17) is 11.6 Å². The molecule has 0 radical (unpaired) electrons. The summed E-state index contributed by atoms with van der Waals surface area (Å²) in [6, 6.07) is 7.55. The lowest BCUT2D eigenvalue weighted by molar-refractivity contribution is -0.141. The molecule has 3 aromatic heterocycles. The molecule has 1 aliphatic rings. The summed E-state index contributed by atoms with van der Waals surface area (Å²) in [5.41, 5.74) is -0.440. The minimum absolute atomic E-state index is 0.0814. The van der Waals surface area contributed by atoms with Crippen molar-refractivity contribution < 1.29 is 13.2 Å². The van der Waals surface area contributed by atoms with Gasteiger partial charge in [0.15, 0.2) is 5.82 Å². The van der Waals surface area contributed by atoms with Crippen molar-refractivity contribution in [1.82, 2.24) is 24.9 Å². The van der Waals surface area contributed by atoms with Gasteiger partial charge in [-0.2, -0.15) is 28.1 Å². The van der Waals surface area contributed by atoms with Gasteiger partial charge < -0.3 is 10.6 Å². The second-order valence-electron chi connectivity index (χ2n) is 6.48. The Labute approximate surface area is 168 Å². The maximum Gasteiger partial charge on any atom is 0.433 e. The SMILES string of the molecule is FC(F)(F)c1cc(Nc2nc(NC3CCC3)nc(-c3cccc(Cl)n3)n2)ccn1. The molecule has 0 bridgehead atoms. The molecule has 11 heteroatoms. The summed E-state index contributed by atoms with van der Waals surface area (Å²) in [5, 5.41) is 6.27. The highest BCUT2D eigenvalue weighted by Crippen LogP contribution is 2.30. The number of anilines is 3. The first-order valence-electron chi connectivity index (χ1n) is 8.83. The number of nitrogens with zero attached hydrogens (tertiary/aromatic N) is 5. The fourth-order valence-corrected chi connectivity index (χ4v) is 2.84. The Hall–Kier alpha value is -3.01. The number of pyridine rings is 2. The molecule has 7 nitrogen and oxygen atoms in total. The number of hydrogen-bond donors (Lipinski definition) is 2. The first kappa shape index (κ1) is 19.3. The number of nitrogens with one attached hydrogen (secondary N) is 2. The molecule has 0 unspecified atom stereocenters. The van der Waals surface area contributed by atoms with Crippen molar-refractivity contribution in [2.75, 3.05) is 10.6 Å². The number of halogens is 4. The average molecular weight is 422 g/mol. The molecular weight excluding hydrogens is 407 g/mol. The van der Waals surface area contributed by atoms with Crippen LogP contribution >= 0.6 is 11.6 Å². The largest absolute Gasteiger partial charge is 0.433 e. The fraction of sp³-hybridized carbons (Fsp3) is 0.278. The van der Waals surface area contributed by atoms with Gasteiger partial charge in [0.1, 0.15) is 16.5 Å². The van der Waals surface area contributed by atoms with E-state index in [9.17, 15) is 13.2 Å². The van der Waals surface area contributed by atoms with E-state index in [2.05, 4.69) is 35.6 Å². The smallest absolute Gasteiger partial charge is 0.351 e. The Morgan fingerprint density at radius 3 is 2.48 bits per heavy atom. The lowest BCUT2D eigenvalue weighted by atomic mass is 9.93. The highest BCUT2D eigenvalue weighted by atomic mass is 35.5. The average Bonchev–Trinajstić information content (AvgIpc) is 2.64. The van der Waals surface area contributed by atoms with Crippen molar-refractivity contribution in [3.05, 3.63) is 47.4 Å². The quantitative estimate of drug-likeness (QED) is 0.577. The Bertz CT molecular complexity index is 1020.